The van der Waals surface area contributed by atoms with Crippen LogP contribution in [0, 0.1) is 11.8 Å². The molecule has 0 spiro atoms. The van der Waals surface area contributed by atoms with Crippen LogP contribution >= 0.6 is 27.5 Å². The molecule has 1 aliphatic heterocycles. The minimum Gasteiger partial charge on any atom is -0.207 e. The SMILES string of the molecule is O=S(=O)(c1ccc(Br)c(Cl)c1)N1CC2CCCC2C1. The minimum atomic E-state index is -3.39. The summed E-state index contributed by atoms with van der Waals surface area (Å²) >= 11 is 9.27. The van der Waals surface area contributed by atoms with Gasteiger partial charge in [0.2, 0.25) is 10.0 Å². The lowest BCUT2D eigenvalue weighted by Gasteiger charge is -2.17. The van der Waals surface area contributed by atoms with Crippen LogP contribution < -0.4 is 0 Å². The Morgan fingerprint density at radius 2 is 1.84 bits per heavy atom. The molecule has 0 radical (unpaired) electrons. The highest BCUT2D eigenvalue weighted by Gasteiger charge is 2.41. The Balaban J connectivity index is 1.88. The molecule has 2 unspecified atom stereocenters. The summed E-state index contributed by atoms with van der Waals surface area (Å²) in [4.78, 5) is 0.292. The molecule has 6 heteroatoms. The molecule has 104 valence electrons. The average Bonchev–Trinajstić information content (AvgIpc) is 2.93. The largest absolute Gasteiger partial charge is 0.243 e. The first kappa shape index (κ1) is 13.9. The van der Waals surface area contributed by atoms with Crippen molar-refractivity contribution in [1.29, 1.82) is 0 Å². The molecule has 1 saturated carbocycles. The number of hydrogen-bond donors (Lipinski definition) is 0. The van der Waals surface area contributed by atoms with Gasteiger partial charge in [-0.15, -0.1) is 0 Å². The zero-order valence-corrected chi connectivity index (χ0v) is 13.5. The molecule has 0 bridgehead atoms. The van der Waals surface area contributed by atoms with E-state index in [1.807, 2.05) is 0 Å². The van der Waals surface area contributed by atoms with Crippen LogP contribution in [0.3, 0.4) is 0 Å². The summed E-state index contributed by atoms with van der Waals surface area (Å²) in [7, 11) is -3.39. The predicted octanol–water partition coefficient (Wildman–Crippen LogP) is 3.52. The van der Waals surface area contributed by atoms with Crippen LogP contribution in [-0.2, 0) is 10.0 Å². The van der Waals surface area contributed by atoms with Crippen molar-refractivity contribution in [2.45, 2.75) is 24.2 Å². The highest BCUT2D eigenvalue weighted by atomic mass is 79.9. The van der Waals surface area contributed by atoms with Gasteiger partial charge in [0.25, 0.3) is 0 Å². The van der Waals surface area contributed by atoms with Crippen LogP contribution in [0.5, 0.6) is 0 Å². The van der Waals surface area contributed by atoms with E-state index in [1.165, 1.54) is 12.5 Å². The lowest BCUT2D eigenvalue weighted by Crippen LogP contribution is -2.29. The van der Waals surface area contributed by atoms with Gasteiger partial charge in [0.1, 0.15) is 0 Å². The van der Waals surface area contributed by atoms with Gasteiger partial charge in [-0.05, 0) is 58.8 Å². The van der Waals surface area contributed by atoms with E-state index in [4.69, 9.17) is 11.6 Å². The zero-order chi connectivity index (χ0) is 13.6. The van der Waals surface area contributed by atoms with Crippen molar-refractivity contribution in [3.8, 4) is 0 Å². The predicted molar refractivity (Wildman–Crippen MR) is 78.7 cm³/mol. The Morgan fingerprint density at radius 1 is 1.21 bits per heavy atom. The smallest absolute Gasteiger partial charge is 0.207 e. The van der Waals surface area contributed by atoms with Crippen molar-refractivity contribution in [1.82, 2.24) is 4.31 Å². The molecule has 19 heavy (non-hydrogen) atoms. The summed E-state index contributed by atoms with van der Waals surface area (Å²) < 4.78 is 27.5. The van der Waals surface area contributed by atoms with Crippen LogP contribution in [0.2, 0.25) is 5.02 Å². The highest BCUT2D eigenvalue weighted by Crippen LogP contribution is 2.40. The van der Waals surface area contributed by atoms with Gasteiger partial charge in [-0.3, -0.25) is 0 Å². The number of benzene rings is 1. The second kappa shape index (κ2) is 5.02. The van der Waals surface area contributed by atoms with Crippen molar-refractivity contribution >= 4 is 37.6 Å². The van der Waals surface area contributed by atoms with Crippen LogP contribution in [0.1, 0.15) is 19.3 Å². The standard InChI is InChI=1S/C13H15BrClNO2S/c14-12-5-4-11(6-13(12)15)19(17,18)16-7-9-2-1-3-10(9)8-16/h4-6,9-10H,1-3,7-8H2. The van der Waals surface area contributed by atoms with E-state index in [9.17, 15) is 8.42 Å². The number of fused-ring (bicyclic) bond motifs is 1. The van der Waals surface area contributed by atoms with E-state index in [0.29, 0.717) is 39.3 Å². The first-order chi connectivity index (χ1) is 8.98. The summed E-state index contributed by atoms with van der Waals surface area (Å²) in [6, 6.07) is 4.82. The van der Waals surface area contributed by atoms with Gasteiger partial charge in [0, 0.05) is 17.6 Å². The highest BCUT2D eigenvalue weighted by molar-refractivity contribution is 9.10. The van der Waals surface area contributed by atoms with E-state index in [-0.39, 0.29) is 0 Å². The monoisotopic (exact) mass is 363 g/mol. The molecule has 0 aromatic heterocycles. The van der Waals surface area contributed by atoms with Gasteiger partial charge in [-0.2, -0.15) is 4.31 Å². The van der Waals surface area contributed by atoms with E-state index in [1.54, 1.807) is 16.4 Å². The fourth-order valence-corrected chi connectivity index (χ4v) is 5.25. The maximum Gasteiger partial charge on any atom is 0.243 e. The molecule has 2 atom stereocenters. The van der Waals surface area contributed by atoms with Crippen molar-refractivity contribution in [3.05, 3.63) is 27.7 Å². The Kier molecular flexibility index (Phi) is 3.67. The molecular formula is C13H15BrClNO2S. The molecule has 1 heterocycles. The van der Waals surface area contributed by atoms with E-state index >= 15 is 0 Å². The average molecular weight is 365 g/mol. The molecule has 1 aromatic carbocycles. The zero-order valence-electron chi connectivity index (χ0n) is 10.4. The maximum atomic E-state index is 12.6. The van der Waals surface area contributed by atoms with E-state index in [0.717, 1.165) is 12.8 Å². The molecular weight excluding hydrogens is 350 g/mol. The van der Waals surface area contributed by atoms with Crippen molar-refractivity contribution < 1.29 is 8.42 Å². The summed E-state index contributed by atoms with van der Waals surface area (Å²) in [5.74, 6) is 1.11. The Morgan fingerprint density at radius 3 is 2.42 bits per heavy atom. The molecule has 0 amide bonds. The quantitative estimate of drug-likeness (QED) is 0.805. The Labute approximate surface area is 127 Å². The van der Waals surface area contributed by atoms with Crippen LogP contribution in [0.25, 0.3) is 0 Å². The maximum absolute atomic E-state index is 12.6. The number of halogens is 2. The lowest BCUT2D eigenvalue weighted by atomic mass is 10.0. The lowest BCUT2D eigenvalue weighted by molar-refractivity contribution is 0.445. The summed E-state index contributed by atoms with van der Waals surface area (Å²) in [6.07, 6.45) is 3.57. The van der Waals surface area contributed by atoms with Crippen LogP contribution in [0.15, 0.2) is 27.6 Å². The van der Waals surface area contributed by atoms with Crippen LogP contribution in [-0.4, -0.2) is 25.8 Å². The third-order valence-corrected chi connectivity index (χ3v) is 7.28. The van der Waals surface area contributed by atoms with Gasteiger partial charge in [0.15, 0.2) is 0 Å². The number of sulfonamides is 1. The molecule has 3 nitrogen and oxygen atoms in total. The summed E-state index contributed by atoms with van der Waals surface area (Å²) in [6.45, 7) is 1.33. The number of nitrogens with zero attached hydrogens (tertiary/aromatic N) is 1. The van der Waals surface area contributed by atoms with E-state index in [2.05, 4.69) is 15.9 Å². The second-order valence-electron chi connectivity index (χ2n) is 5.35. The molecule has 2 aliphatic rings. The fourth-order valence-electron chi connectivity index (χ4n) is 3.17. The van der Waals surface area contributed by atoms with Crippen LogP contribution in [0.4, 0.5) is 0 Å². The topological polar surface area (TPSA) is 37.4 Å². The molecule has 3 rings (SSSR count). The Bertz CT molecular complexity index is 593. The second-order valence-corrected chi connectivity index (χ2v) is 8.55. The normalized spacial score (nSPS) is 27.7. The van der Waals surface area contributed by atoms with Gasteiger partial charge in [-0.25, -0.2) is 8.42 Å². The number of rotatable bonds is 2. The third kappa shape index (κ3) is 2.46. The summed E-state index contributed by atoms with van der Waals surface area (Å²) in [5.41, 5.74) is 0. The number of hydrogen-bond acceptors (Lipinski definition) is 2. The minimum absolute atomic E-state index is 0.292. The van der Waals surface area contributed by atoms with Gasteiger partial charge in [0.05, 0.1) is 9.92 Å². The molecule has 1 aromatic rings. The molecule has 0 N–H and O–H groups in total. The van der Waals surface area contributed by atoms with Gasteiger partial charge >= 0.3 is 0 Å². The Hall–Kier alpha value is -0.100. The van der Waals surface area contributed by atoms with Crippen molar-refractivity contribution in [2.75, 3.05) is 13.1 Å². The first-order valence-electron chi connectivity index (χ1n) is 6.43. The molecule has 1 saturated heterocycles. The van der Waals surface area contributed by atoms with Gasteiger partial charge in [-0.1, -0.05) is 18.0 Å². The molecule has 2 fully saturated rings. The van der Waals surface area contributed by atoms with Crippen molar-refractivity contribution in [3.63, 3.8) is 0 Å². The van der Waals surface area contributed by atoms with Crippen molar-refractivity contribution in [2.24, 2.45) is 11.8 Å². The van der Waals surface area contributed by atoms with Gasteiger partial charge < -0.3 is 0 Å². The van der Waals surface area contributed by atoms with E-state index < -0.39 is 10.0 Å². The molecule has 1 aliphatic carbocycles. The third-order valence-electron chi connectivity index (χ3n) is 4.22. The summed E-state index contributed by atoms with van der Waals surface area (Å²) in [5, 5.41) is 0.431. The first-order valence-corrected chi connectivity index (χ1v) is 9.05. The fraction of sp³-hybridized carbons (Fsp3) is 0.538.